The number of rotatable bonds is 4. The molecule has 0 amide bonds. The van der Waals surface area contributed by atoms with Crippen molar-refractivity contribution in [1.82, 2.24) is 0 Å². The first-order valence-electron chi connectivity index (χ1n) is 8.99. The van der Waals surface area contributed by atoms with Crippen molar-refractivity contribution in [2.45, 2.75) is 31.1 Å². The van der Waals surface area contributed by atoms with Crippen molar-refractivity contribution in [1.29, 1.82) is 0 Å². The summed E-state index contributed by atoms with van der Waals surface area (Å²) in [6.45, 7) is 2.65. The number of carbonyl (C=O) groups excluding carboxylic acids is 1. The Morgan fingerprint density at radius 2 is 2.00 bits per heavy atom. The number of Topliss-reactive ketones (excluding diaryl/α,β-unsaturated/α-hetero) is 1. The third kappa shape index (κ3) is 2.93. The summed E-state index contributed by atoms with van der Waals surface area (Å²) in [5.41, 5.74) is 3.68. The van der Waals surface area contributed by atoms with Crippen LogP contribution in [0.3, 0.4) is 0 Å². The van der Waals surface area contributed by atoms with Crippen molar-refractivity contribution in [3.05, 3.63) is 59.7 Å². The highest BCUT2D eigenvalue weighted by Crippen LogP contribution is 2.53. The Labute approximate surface area is 153 Å². The molecule has 0 radical (unpaired) electrons. The van der Waals surface area contributed by atoms with Gasteiger partial charge in [0, 0.05) is 5.69 Å². The molecule has 2 aromatic rings. The molecule has 1 aliphatic heterocycles. The number of nitrogens with one attached hydrogen (secondary N) is 1. The maximum absolute atomic E-state index is 12.6. The Hall–Kier alpha value is -1.94. The number of carbonyl (C=O) groups is 1. The molecule has 1 aliphatic carbocycles. The van der Waals surface area contributed by atoms with Gasteiger partial charge in [0.2, 0.25) is 0 Å². The molecule has 1 N–H and O–H groups in total. The minimum Gasteiger partial charge on any atom is -0.494 e. The predicted molar refractivity (Wildman–Crippen MR) is 103 cm³/mol. The third-order valence-electron chi connectivity index (χ3n) is 5.17. The summed E-state index contributed by atoms with van der Waals surface area (Å²) in [5.74, 6) is 1.87. The van der Waals surface area contributed by atoms with E-state index in [1.54, 1.807) is 11.8 Å². The van der Waals surface area contributed by atoms with Crippen molar-refractivity contribution in [2.75, 3.05) is 17.7 Å². The molecule has 25 heavy (non-hydrogen) atoms. The van der Waals surface area contributed by atoms with Crippen molar-refractivity contribution >= 4 is 23.2 Å². The van der Waals surface area contributed by atoms with Gasteiger partial charge in [0.1, 0.15) is 16.4 Å². The number of aryl methyl sites for hydroxylation is 1. The zero-order valence-electron chi connectivity index (χ0n) is 14.5. The topological polar surface area (TPSA) is 38.3 Å². The molecular weight excluding hydrogens is 330 g/mol. The average molecular weight is 353 g/mol. The van der Waals surface area contributed by atoms with E-state index in [4.69, 9.17) is 4.74 Å². The molecule has 0 unspecified atom stereocenters. The lowest BCUT2D eigenvalue weighted by Crippen LogP contribution is -2.38. The van der Waals surface area contributed by atoms with E-state index in [0.29, 0.717) is 18.1 Å². The van der Waals surface area contributed by atoms with E-state index in [2.05, 4.69) is 29.6 Å². The molecule has 3 nitrogen and oxygen atoms in total. The van der Waals surface area contributed by atoms with Gasteiger partial charge >= 0.3 is 0 Å². The summed E-state index contributed by atoms with van der Waals surface area (Å²) in [6, 6.07) is 16.7. The maximum atomic E-state index is 12.6. The summed E-state index contributed by atoms with van der Waals surface area (Å²) in [4.78, 5) is 12.3. The molecule has 4 rings (SSSR count). The van der Waals surface area contributed by atoms with Crippen LogP contribution in [0.15, 0.2) is 48.5 Å². The molecule has 0 bridgehead atoms. The number of ether oxygens (including phenoxy) is 1. The SMILES string of the molecule is CCOc1ccc(N[C@@]23SCC(=O)[C@@H]2CCCc2ccccc23)cc1. The first kappa shape index (κ1) is 16.5. The molecular formula is C21H23NO2S. The van der Waals surface area contributed by atoms with Crippen molar-refractivity contribution in [3.8, 4) is 5.75 Å². The molecule has 0 saturated carbocycles. The van der Waals surface area contributed by atoms with Gasteiger partial charge in [0.05, 0.1) is 18.3 Å². The standard InChI is InChI=1S/C21H23NO2S/c1-2-24-17-12-10-16(11-13-17)22-21-18-8-4-3-6-15(18)7-5-9-19(21)20(23)14-25-21/h3-4,6,8,10-13,19,22H,2,5,7,9,14H2,1H3/t19-,21-/m0/s1. The predicted octanol–water partition coefficient (Wildman–Crippen LogP) is 4.62. The van der Waals surface area contributed by atoms with E-state index in [0.717, 1.165) is 30.7 Å². The van der Waals surface area contributed by atoms with Gasteiger partial charge in [-0.15, -0.1) is 11.8 Å². The van der Waals surface area contributed by atoms with Crippen LogP contribution in [0.4, 0.5) is 5.69 Å². The Kier molecular flexibility index (Phi) is 4.46. The second kappa shape index (κ2) is 6.75. The first-order chi connectivity index (χ1) is 12.2. The number of benzene rings is 2. The van der Waals surface area contributed by atoms with E-state index in [-0.39, 0.29) is 10.8 Å². The van der Waals surface area contributed by atoms with Crippen LogP contribution in [0.5, 0.6) is 5.75 Å². The van der Waals surface area contributed by atoms with Gasteiger partial charge < -0.3 is 10.1 Å². The van der Waals surface area contributed by atoms with Crippen LogP contribution in [0.2, 0.25) is 0 Å². The van der Waals surface area contributed by atoms with E-state index in [1.165, 1.54) is 11.1 Å². The monoisotopic (exact) mass is 353 g/mol. The van der Waals surface area contributed by atoms with Crippen LogP contribution in [-0.4, -0.2) is 18.1 Å². The molecule has 2 aliphatic rings. The summed E-state index contributed by atoms with van der Waals surface area (Å²) in [6.07, 6.45) is 3.07. The summed E-state index contributed by atoms with van der Waals surface area (Å²) in [7, 11) is 0. The van der Waals surface area contributed by atoms with Crippen molar-refractivity contribution in [3.63, 3.8) is 0 Å². The molecule has 2 atom stereocenters. The molecule has 1 saturated heterocycles. The van der Waals surface area contributed by atoms with E-state index in [1.807, 2.05) is 31.2 Å². The van der Waals surface area contributed by atoms with Crippen molar-refractivity contribution in [2.24, 2.45) is 5.92 Å². The van der Waals surface area contributed by atoms with Crippen LogP contribution in [0, 0.1) is 5.92 Å². The number of hydrogen-bond donors (Lipinski definition) is 1. The van der Waals surface area contributed by atoms with Gasteiger partial charge in [-0.05, 0) is 61.6 Å². The minimum absolute atomic E-state index is 0.0349. The molecule has 0 aromatic heterocycles. The lowest BCUT2D eigenvalue weighted by Gasteiger charge is -2.36. The summed E-state index contributed by atoms with van der Waals surface area (Å²) >= 11 is 1.76. The lowest BCUT2D eigenvalue weighted by molar-refractivity contribution is -0.120. The minimum atomic E-state index is -0.350. The van der Waals surface area contributed by atoms with Crippen LogP contribution in [0.25, 0.3) is 0 Å². The Bertz CT molecular complexity index is 774. The molecule has 4 heteroatoms. The first-order valence-corrected chi connectivity index (χ1v) is 9.97. The normalized spacial score (nSPS) is 25.0. The highest BCUT2D eigenvalue weighted by Gasteiger charge is 2.51. The Morgan fingerprint density at radius 3 is 2.80 bits per heavy atom. The van der Waals surface area contributed by atoms with Gasteiger partial charge in [0.25, 0.3) is 0 Å². The molecule has 1 heterocycles. The Balaban J connectivity index is 1.74. The molecule has 2 aromatic carbocycles. The van der Waals surface area contributed by atoms with Gasteiger partial charge in [-0.25, -0.2) is 0 Å². The van der Waals surface area contributed by atoms with E-state index in [9.17, 15) is 4.79 Å². The van der Waals surface area contributed by atoms with Gasteiger partial charge in [-0.3, -0.25) is 4.79 Å². The number of fused-ring (bicyclic) bond motifs is 3. The fourth-order valence-electron chi connectivity index (χ4n) is 4.05. The number of hydrogen-bond acceptors (Lipinski definition) is 4. The molecule has 0 spiro atoms. The highest BCUT2D eigenvalue weighted by molar-refractivity contribution is 8.01. The summed E-state index contributed by atoms with van der Waals surface area (Å²) < 4.78 is 5.54. The van der Waals surface area contributed by atoms with Crippen molar-refractivity contribution < 1.29 is 9.53 Å². The fraction of sp³-hybridized carbons (Fsp3) is 0.381. The smallest absolute Gasteiger partial charge is 0.149 e. The van der Waals surface area contributed by atoms with Crippen LogP contribution in [0.1, 0.15) is 30.9 Å². The fourth-order valence-corrected chi connectivity index (χ4v) is 5.61. The van der Waals surface area contributed by atoms with Gasteiger partial charge in [-0.1, -0.05) is 24.3 Å². The van der Waals surface area contributed by atoms with Crippen LogP contribution in [-0.2, 0) is 16.1 Å². The second-order valence-corrected chi connectivity index (χ2v) is 7.90. The third-order valence-corrected chi connectivity index (χ3v) is 6.66. The van der Waals surface area contributed by atoms with E-state index >= 15 is 0 Å². The van der Waals surface area contributed by atoms with Crippen LogP contribution < -0.4 is 10.1 Å². The zero-order chi connectivity index (χ0) is 17.3. The van der Waals surface area contributed by atoms with E-state index < -0.39 is 0 Å². The molecule has 130 valence electrons. The molecule has 1 fully saturated rings. The van der Waals surface area contributed by atoms with Gasteiger partial charge in [-0.2, -0.15) is 0 Å². The number of thioether (sulfide) groups is 1. The number of ketones is 1. The quantitative estimate of drug-likeness (QED) is 0.870. The summed E-state index contributed by atoms with van der Waals surface area (Å²) in [5, 5.41) is 3.74. The van der Waals surface area contributed by atoms with Crippen LogP contribution >= 0.6 is 11.8 Å². The lowest BCUT2D eigenvalue weighted by atomic mass is 9.87. The largest absolute Gasteiger partial charge is 0.494 e. The average Bonchev–Trinajstić information content (AvgIpc) is 2.85. The second-order valence-electron chi connectivity index (χ2n) is 6.67. The van der Waals surface area contributed by atoms with Gasteiger partial charge in [0.15, 0.2) is 0 Å². The number of anilines is 1. The zero-order valence-corrected chi connectivity index (χ0v) is 15.3. The maximum Gasteiger partial charge on any atom is 0.149 e. The highest BCUT2D eigenvalue weighted by atomic mass is 32.2. The Morgan fingerprint density at radius 1 is 1.20 bits per heavy atom.